The molecule has 3 amide bonds. The van der Waals surface area contributed by atoms with Gasteiger partial charge in [-0.1, -0.05) is 24.3 Å². The van der Waals surface area contributed by atoms with E-state index in [-0.39, 0.29) is 12.8 Å². The molecule has 35 heavy (non-hydrogen) atoms. The molecular weight excluding hydrogens is 456 g/mol. The van der Waals surface area contributed by atoms with E-state index in [1.165, 1.54) is 7.11 Å². The van der Waals surface area contributed by atoms with Gasteiger partial charge in [-0.25, -0.2) is 14.4 Å². The number of benzene rings is 2. The van der Waals surface area contributed by atoms with Gasteiger partial charge in [0.2, 0.25) is 0 Å². The number of alkyl carbamates (subject to hydrolysis) is 2. The number of methoxy groups -OCH3 is 1. The number of carbonyl (C=O) groups is 4. The molecule has 2 aromatic rings. The largest absolute Gasteiger partial charge is 0.467 e. The third-order valence-electron chi connectivity index (χ3n) is 4.89. The highest BCUT2D eigenvalue weighted by molar-refractivity contribution is 6.00. The summed E-state index contributed by atoms with van der Waals surface area (Å²) in [5.41, 5.74) is 0.900. The Morgan fingerprint density at radius 1 is 1.00 bits per heavy atom. The van der Waals surface area contributed by atoms with Crippen LogP contribution in [0.5, 0.6) is 11.5 Å². The summed E-state index contributed by atoms with van der Waals surface area (Å²) in [5.74, 6) is 0.112. The molecule has 0 aromatic heterocycles. The first-order chi connectivity index (χ1) is 16.5. The molecule has 1 aliphatic heterocycles. The molecule has 0 aliphatic carbocycles. The van der Waals surface area contributed by atoms with E-state index in [1.807, 2.05) is 0 Å². The van der Waals surface area contributed by atoms with E-state index in [9.17, 15) is 19.2 Å². The van der Waals surface area contributed by atoms with Crippen LogP contribution in [-0.2, 0) is 36.6 Å². The number of rotatable bonds is 8. The monoisotopic (exact) mass is 484 g/mol. The molecule has 2 unspecified atom stereocenters. The second-order valence-corrected chi connectivity index (χ2v) is 8.90. The zero-order chi connectivity index (χ0) is 25.6. The van der Waals surface area contributed by atoms with Crippen LogP contribution in [0.25, 0.3) is 0 Å². The van der Waals surface area contributed by atoms with Gasteiger partial charge in [-0.3, -0.25) is 10.1 Å². The summed E-state index contributed by atoms with van der Waals surface area (Å²) >= 11 is 0. The van der Waals surface area contributed by atoms with Crippen molar-refractivity contribution in [2.24, 2.45) is 0 Å². The zero-order valence-electron chi connectivity index (χ0n) is 20.0. The fraction of sp³-hybridized carbons (Fsp3) is 0.360. The lowest BCUT2D eigenvalue weighted by Crippen LogP contribution is -2.45. The highest BCUT2D eigenvalue weighted by Gasteiger charge is 2.32. The minimum Gasteiger partial charge on any atom is -0.467 e. The summed E-state index contributed by atoms with van der Waals surface area (Å²) < 4.78 is 20.8. The summed E-state index contributed by atoms with van der Waals surface area (Å²) in [6, 6.07) is 13.2. The lowest BCUT2D eigenvalue weighted by Gasteiger charge is -2.22. The molecule has 2 atom stereocenters. The SMILES string of the molecule is COC(=O)C(Cc1ccc(Oc2ccc(CC3OC(=O)NC3=O)cc2)cc1)NC(=O)OC(C)(C)C. The molecule has 2 N–H and O–H groups in total. The van der Waals surface area contributed by atoms with Gasteiger partial charge in [0.05, 0.1) is 7.11 Å². The Hall–Kier alpha value is -4.08. The van der Waals surface area contributed by atoms with E-state index < -0.39 is 41.8 Å². The number of esters is 1. The first-order valence-electron chi connectivity index (χ1n) is 11.0. The molecule has 1 fully saturated rings. The van der Waals surface area contributed by atoms with Crippen molar-refractivity contribution in [2.75, 3.05) is 7.11 Å². The van der Waals surface area contributed by atoms with Crippen molar-refractivity contribution in [3.63, 3.8) is 0 Å². The van der Waals surface area contributed by atoms with Crippen molar-refractivity contribution in [1.82, 2.24) is 10.6 Å². The Balaban J connectivity index is 1.57. The normalized spacial score (nSPS) is 16.1. The van der Waals surface area contributed by atoms with Gasteiger partial charge in [0.1, 0.15) is 23.1 Å². The van der Waals surface area contributed by atoms with Gasteiger partial charge in [0.25, 0.3) is 5.91 Å². The minimum absolute atomic E-state index is 0.209. The second kappa shape index (κ2) is 10.9. The topological polar surface area (TPSA) is 129 Å². The molecule has 1 aliphatic rings. The number of nitrogens with one attached hydrogen (secondary N) is 2. The Labute approximate surface area is 202 Å². The highest BCUT2D eigenvalue weighted by atomic mass is 16.6. The average Bonchev–Trinajstić information content (AvgIpc) is 3.10. The Kier molecular flexibility index (Phi) is 7.95. The summed E-state index contributed by atoms with van der Waals surface area (Å²) in [5, 5.41) is 4.64. The van der Waals surface area contributed by atoms with Gasteiger partial charge < -0.3 is 24.3 Å². The van der Waals surface area contributed by atoms with Crippen molar-refractivity contribution < 1.29 is 38.1 Å². The van der Waals surface area contributed by atoms with Gasteiger partial charge in [-0.05, 0) is 56.2 Å². The van der Waals surface area contributed by atoms with E-state index in [4.69, 9.17) is 18.9 Å². The molecule has 3 rings (SSSR count). The highest BCUT2D eigenvalue weighted by Crippen LogP contribution is 2.23. The van der Waals surface area contributed by atoms with Crippen LogP contribution >= 0.6 is 0 Å². The average molecular weight is 485 g/mol. The van der Waals surface area contributed by atoms with Crippen molar-refractivity contribution in [1.29, 1.82) is 0 Å². The molecule has 0 bridgehead atoms. The molecular formula is C25H28N2O8. The third kappa shape index (κ3) is 7.73. The lowest BCUT2D eigenvalue weighted by atomic mass is 10.1. The van der Waals surface area contributed by atoms with E-state index in [1.54, 1.807) is 69.3 Å². The van der Waals surface area contributed by atoms with Crippen molar-refractivity contribution >= 4 is 24.1 Å². The van der Waals surface area contributed by atoms with Crippen LogP contribution in [0, 0.1) is 0 Å². The van der Waals surface area contributed by atoms with Gasteiger partial charge in [0.15, 0.2) is 6.10 Å². The summed E-state index contributed by atoms with van der Waals surface area (Å²) in [7, 11) is 1.25. The van der Waals surface area contributed by atoms with Crippen LogP contribution in [-0.4, -0.2) is 48.9 Å². The van der Waals surface area contributed by atoms with Crippen molar-refractivity contribution in [3.05, 3.63) is 59.7 Å². The number of hydrogen-bond acceptors (Lipinski definition) is 8. The number of cyclic esters (lactones) is 1. The van der Waals surface area contributed by atoms with Crippen LogP contribution in [0.1, 0.15) is 31.9 Å². The van der Waals surface area contributed by atoms with Gasteiger partial charge in [-0.2, -0.15) is 0 Å². The first kappa shape index (κ1) is 25.5. The molecule has 2 aromatic carbocycles. The molecule has 1 heterocycles. The second-order valence-electron chi connectivity index (χ2n) is 8.90. The molecule has 0 radical (unpaired) electrons. The predicted molar refractivity (Wildman–Crippen MR) is 124 cm³/mol. The smallest absolute Gasteiger partial charge is 0.414 e. The number of amides is 3. The van der Waals surface area contributed by atoms with Gasteiger partial charge >= 0.3 is 18.2 Å². The van der Waals surface area contributed by atoms with E-state index >= 15 is 0 Å². The fourth-order valence-corrected chi connectivity index (χ4v) is 3.29. The van der Waals surface area contributed by atoms with Crippen LogP contribution in [0.3, 0.4) is 0 Å². The molecule has 10 nitrogen and oxygen atoms in total. The summed E-state index contributed by atoms with van der Waals surface area (Å²) in [6.45, 7) is 5.20. The van der Waals surface area contributed by atoms with E-state index in [2.05, 4.69) is 10.6 Å². The van der Waals surface area contributed by atoms with Gasteiger partial charge in [0, 0.05) is 12.8 Å². The fourth-order valence-electron chi connectivity index (χ4n) is 3.29. The van der Waals surface area contributed by atoms with Crippen LogP contribution < -0.4 is 15.4 Å². The first-order valence-corrected chi connectivity index (χ1v) is 11.0. The quantitative estimate of drug-likeness (QED) is 0.431. The number of carbonyl (C=O) groups excluding carboxylic acids is 4. The zero-order valence-corrected chi connectivity index (χ0v) is 20.0. The molecule has 1 saturated heterocycles. The standard InChI is InChI=1S/C25H28N2O8/c1-25(2,3)35-24(31)26-19(22(29)32-4)13-15-5-9-17(10-6-15)33-18-11-7-16(8-12-18)14-20-21(28)27-23(30)34-20/h5-12,19-20H,13-14H2,1-4H3,(H,26,31)(H,27,28,30). The third-order valence-corrected chi connectivity index (χ3v) is 4.89. The summed E-state index contributed by atoms with van der Waals surface area (Å²) in [6.07, 6.45) is -1.80. The van der Waals surface area contributed by atoms with Crippen LogP contribution in [0.15, 0.2) is 48.5 Å². The maximum absolute atomic E-state index is 12.1. The van der Waals surface area contributed by atoms with Crippen LogP contribution in [0.4, 0.5) is 9.59 Å². The molecule has 10 heteroatoms. The Morgan fingerprint density at radius 3 is 2.06 bits per heavy atom. The Morgan fingerprint density at radius 2 is 1.57 bits per heavy atom. The van der Waals surface area contributed by atoms with Crippen molar-refractivity contribution in [3.8, 4) is 11.5 Å². The maximum atomic E-state index is 12.1. The maximum Gasteiger partial charge on any atom is 0.414 e. The molecule has 0 spiro atoms. The van der Waals surface area contributed by atoms with E-state index in [0.29, 0.717) is 11.5 Å². The molecule has 186 valence electrons. The number of hydrogen-bond donors (Lipinski definition) is 2. The summed E-state index contributed by atoms with van der Waals surface area (Å²) in [4.78, 5) is 47.0. The Bertz CT molecular complexity index is 1070. The number of ether oxygens (including phenoxy) is 4. The van der Waals surface area contributed by atoms with Crippen LogP contribution in [0.2, 0.25) is 0 Å². The van der Waals surface area contributed by atoms with Crippen molar-refractivity contribution in [2.45, 2.75) is 51.4 Å². The van der Waals surface area contributed by atoms with E-state index in [0.717, 1.165) is 11.1 Å². The minimum atomic E-state index is -0.907. The van der Waals surface area contributed by atoms with Gasteiger partial charge in [-0.15, -0.1) is 0 Å². The molecule has 0 saturated carbocycles. The predicted octanol–water partition coefficient (Wildman–Crippen LogP) is 3.27. The number of imide groups is 1. The lowest BCUT2D eigenvalue weighted by molar-refractivity contribution is -0.143.